The summed E-state index contributed by atoms with van der Waals surface area (Å²) in [7, 11) is 1.30. The molecule has 2 saturated heterocycles. The second-order valence-corrected chi connectivity index (χ2v) is 27.8. The second kappa shape index (κ2) is 59.3. The van der Waals surface area contributed by atoms with Crippen molar-refractivity contribution < 1.29 is 47.5 Å². The van der Waals surface area contributed by atoms with Crippen LogP contribution in [0, 0.1) is 41.5 Å². The number of hydrogen-bond donors (Lipinski definition) is 1. The molecule has 0 spiro atoms. The predicted molar refractivity (Wildman–Crippen MR) is 485 cm³/mol. The maximum absolute atomic E-state index is 12.7. The Morgan fingerprint density at radius 1 is 0.553 bits per heavy atom. The van der Waals surface area contributed by atoms with Crippen LogP contribution in [0.4, 0.5) is 11.5 Å². The quantitative estimate of drug-likeness (QED) is 0.0517. The van der Waals surface area contributed by atoms with Crippen LogP contribution >= 0.6 is 31.9 Å². The molecule has 0 unspecified atom stereocenters. The molecule has 2 aromatic heterocycles. The number of amides is 1. The number of carbonyl (C=O) groups is 5. The highest BCUT2D eigenvalue weighted by molar-refractivity contribution is 9.10. The Kier molecular flexibility index (Phi) is 53.8. The Balaban J connectivity index is 0.00000139. The Labute approximate surface area is 698 Å². The fraction of sp³-hybridized carbons (Fsp3) is 0.281. The molecule has 114 heavy (non-hydrogen) atoms. The molecule has 0 atom stereocenters. The van der Waals surface area contributed by atoms with Gasteiger partial charge in [-0.15, -0.1) is 46.1 Å². The number of pyridine rings is 2. The van der Waals surface area contributed by atoms with Crippen molar-refractivity contribution in [1.82, 2.24) is 14.5 Å². The van der Waals surface area contributed by atoms with E-state index >= 15 is 0 Å². The number of anilines is 2. The van der Waals surface area contributed by atoms with Gasteiger partial charge in [-0.1, -0.05) is 235 Å². The largest absolute Gasteiger partial charge is 0.495 e. The van der Waals surface area contributed by atoms with Crippen molar-refractivity contribution >= 4 is 93.4 Å². The van der Waals surface area contributed by atoms with Gasteiger partial charge >= 0.3 is 19.1 Å². The summed E-state index contributed by atoms with van der Waals surface area (Å²) in [4.78, 5) is 71.5. The van der Waals surface area contributed by atoms with E-state index in [1.807, 2.05) is 231 Å². The molecule has 0 saturated carbocycles. The molecule has 0 bridgehead atoms. The standard InChI is InChI=1S/C24H26N4O3.C22H27BO4.C16H15BrO2.C8H9Br.C8H8.3C4H8.2C2H4.2CH2O/c1-16-5-4-6-20(17(16)2)19-13-21(24(30)27(3)15-19)26-22-8-7-18(14-25-22)23(29)28-9-11-31-12-10-28;1-16-18(14-20(24)25-15-17-10-7-6-8-11-17)12-9-13-19(16)23-26-21(2,3)22(4,5)27-23;1-12-14(8-5-9-15(12)17)10-16(18)19-11-13-6-3-2-4-7-13;1-6-4-3-5-8(9)7(6)2;1-2-8-6-4-3-5-7-8;3*1-3-4-2;4*1-2/h4-8,13-15H,9-12H2,1-3H3,(H,25,26);6-13H,14-15H2,1-5H3;2-9H,10-11H2,1H3;3-5H,1-2H3;2-7H,1H2;3*3H,1,4H2,2H3;2*1-2H2;2*1H2. The number of hydrogen-bond acceptors (Lipinski definition) is 13. The molecule has 2 aliphatic heterocycles. The van der Waals surface area contributed by atoms with Gasteiger partial charge in [-0.25, -0.2) is 4.98 Å². The van der Waals surface area contributed by atoms with Crippen LogP contribution in [0.5, 0.6) is 0 Å². The lowest BCUT2D eigenvalue weighted by Gasteiger charge is -2.32. The first-order chi connectivity index (χ1) is 54.7. The Bertz CT molecular complexity index is 4290. The number of halogens is 2. The van der Waals surface area contributed by atoms with E-state index in [9.17, 15) is 19.2 Å². The fourth-order valence-corrected chi connectivity index (χ4v) is 10.7. The molecule has 15 nitrogen and oxygen atoms in total. The number of nitrogens with zero attached hydrogens (tertiary/aromatic N) is 3. The van der Waals surface area contributed by atoms with E-state index in [0.29, 0.717) is 56.4 Å². The first-order valence-corrected chi connectivity index (χ1v) is 39.0. The van der Waals surface area contributed by atoms with E-state index in [4.69, 9.17) is 33.1 Å². The number of morpholine rings is 1. The van der Waals surface area contributed by atoms with Crippen molar-refractivity contribution in [3.63, 3.8) is 0 Å². The molecular weight excluding hydrogens is 1560 g/mol. The Morgan fingerprint density at radius 3 is 1.39 bits per heavy atom. The van der Waals surface area contributed by atoms with Crippen molar-refractivity contribution in [1.29, 1.82) is 0 Å². The lowest BCUT2D eigenvalue weighted by molar-refractivity contribution is -0.145. The van der Waals surface area contributed by atoms with Crippen LogP contribution in [0.3, 0.4) is 0 Å². The van der Waals surface area contributed by atoms with Crippen molar-refractivity contribution in [2.45, 2.75) is 147 Å². The SMILES string of the molecule is C=C.C=C.C=CCC.C=CCC.C=CCC.C=Cc1ccccc1.C=O.C=O.Cc1c(Br)cccc1CC(=O)OCc1ccccc1.Cc1c(CC(=O)OCc2ccccc2)cccc1B1OC(C)(C)C(C)(C)O1.Cc1cccc(-c2cc(Nc3ccc(C(=O)N4CCOCC4)cn3)c(=O)n(C)c2)c1C.Cc1cccc(Br)c1C. The number of carbonyl (C=O) groups excluding carboxylic acids is 5. The summed E-state index contributed by atoms with van der Waals surface area (Å²) in [6.07, 6.45) is 14.6. The second-order valence-electron chi connectivity index (χ2n) is 26.0. The van der Waals surface area contributed by atoms with E-state index < -0.39 is 18.3 Å². The van der Waals surface area contributed by atoms with Gasteiger partial charge in [0.25, 0.3) is 11.5 Å². The van der Waals surface area contributed by atoms with Gasteiger partial charge in [0.2, 0.25) is 0 Å². The van der Waals surface area contributed by atoms with Crippen molar-refractivity contribution in [3.8, 4) is 11.1 Å². The lowest BCUT2D eigenvalue weighted by atomic mass is 9.75. The number of esters is 2. The zero-order valence-corrected chi connectivity index (χ0v) is 73.0. The average Bonchev–Trinajstić information content (AvgIpc) is 1.60. The summed E-state index contributed by atoms with van der Waals surface area (Å²) < 4.78 is 32.1. The summed E-state index contributed by atoms with van der Waals surface area (Å²) in [5.74, 6) is 0.00185. The first kappa shape index (κ1) is 104. The van der Waals surface area contributed by atoms with Crippen molar-refractivity contribution in [3.05, 3.63) is 351 Å². The van der Waals surface area contributed by atoms with Crippen LogP contribution < -0.4 is 16.3 Å². The van der Waals surface area contributed by atoms with Gasteiger partial charge in [0, 0.05) is 47.0 Å². The average molecular weight is 1680 g/mol. The Hall–Kier alpha value is -10.5. The summed E-state index contributed by atoms with van der Waals surface area (Å²) in [6.45, 7) is 59.6. The summed E-state index contributed by atoms with van der Waals surface area (Å²) in [5, 5.41) is 3.11. The van der Waals surface area contributed by atoms with E-state index in [2.05, 4.69) is 168 Å². The van der Waals surface area contributed by atoms with Gasteiger partial charge in [0.1, 0.15) is 38.3 Å². The fourth-order valence-electron chi connectivity index (χ4n) is 9.85. The van der Waals surface area contributed by atoms with E-state index in [0.717, 1.165) is 73.7 Å². The van der Waals surface area contributed by atoms with Gasteiger partial charge in [-0.3, -0.25) is 19.2 Å². The number of aromatic nitrogens is 2. The zero-order valence-electron chi connectivity index (χ0n) is 69.8. The molecule has 4 heterocycles. The predicted octanol–water partition coefficient (Wildman–Crippen LogP) is 22.3. The third-order valence-electron chi connectivity index (χ3n) is 17.6. The number of rotatable bonds is 17. The molecule has 2 aliphatic rings. The summed E-state index contributed by atoms with van der Waals surface area (Å²) in [6, 6.07) is 58.8. The van der Waals surface area contributed by atoms with Gasteiger partial charge in [0.05, 0.1) is 42.8 Å². The molecule has 18 heteroatoms. The van der Waals surface area contributed by atoms with Crippen LogP contribution in [0.15, 0.2) is 279 Å². The minimum Gasteiger partial charge on any atom is -0.461 e. The summed E-state index contributed by atoms with van der Waals surface area (Å²) >= 11 is 6.91. The number of allylic oxidation sites excluding steroid dienone is 3. The molecule has 0 aliphatic carbocycles. The molecule has 0 radical (unpaired) electrons. The van der Waals surface area contributed by atoms with Gasteiger partial charge < -0.3 is 47.9 Å². The normalized spacial score (nSPS) is 11.8. The third kappa shape index (κ3) is 37.5. The van der Waals surface area contributed by atoms with Crippen molar-refractivity contribution in [2.24, 2.45) is 7.05 Å². The molecule has 2 fully saturated rings. The van der Waals surface area contributed by atoms with Crippen LogP contribution in [0.25, 0.3) is 17.2 Å². The smallest absolute Gasteiger partial charge is 0.461 e. The molecule has 1 amide bonds. The highest BCUT2D eigenvalue weighted by Gasteiger charge is 2.52. The Morgan fingerprint density at radius 2 is 0.974 bits per heavy atom. The third-order valence-corrected chi connectivity index (χ3v) is 19.4. The first-order valence-electron chi connectivity index (χ1n) is 37.4. The van der Waals surface area contributed by atoms with Crippen LogP contribution in [0.1, 0.15) is 139 Å². The van der Waals surface area contributed by atoms with Crippen molar-refractivity contribution in [2.75, 3.05) is 31.6 Å². The molecule has 608 valence electrons. The number of nitrogens with one attached hydrogen (secondary N) is 1. The molecule has 7 aromatic carbocycles. The highest BCUT2D eigenvalue weighted by atomic mass is 79.9. The zero-order chi connectivity index (χ0) is 86.2. The van der Waals surface area contributed by atoms with Crippen LogP contribution in [-0.4, -0.2) is 90.5 Å². The minimum absolute atomic E-state index is 0.0600. The van der Waals surface area contributed by atoms with Gasteiger partial charge in [0.15, 0.2) is 0 Å². The van der Waals surface area contributed by atoms with E-state index in [1.54, 1.807) is 34.8 Å². The van der Waals surface area contributed by atoms with Crippen LogP contribution in [-0.2, 0) is 75.8 Å². The van der Waals surface area contributed by atoms with Gasteiger partial charge in [-0.05, 0) is 191 Å². The van der Waals surface area contributed by atoms with Gasteiger partial charge in [-0.2, -0.15) is 0 Å². The monoisotopic (exact) mass is 1670 g/mol. The highest BCUT2D eigenvalue weighted by Crippen LogP contribution is 2.37. The molecule has 11 rings (SSSR count). The number of aryl methyl sites for hydroxylation is 3. The summed E-state index contributed by atoms with van der Waals surface area (Å²) in [5.41, 5.74) is 15.2. The van der Waals surface area contributed by atoms with E-state index in [-0.39, 0.29) is 36.4 Å². The minimum atomic E-state index is -0.435. The maximum Gasteiger partial charge on any atom is 0.495 e. The topological polar surface area (TPSA) is 182 Å². The number of benzene rings is 7. The number of ether oxygens (including phenoxy) is 3. The van der Waals surface area contributed by atoms with Crippen LogP contribution in [0.2, 0.25) is 0 Å². The molecule has 9 aromatic rings. The maximum atomic E-state index is 12.7. The molecular formula is C96H121BBr2N4O11. The molecule has 1 N–H and O–H groups in total. The lowest BCUT2D eigenvalue weighted by Crippen LogP contribution is -2.41. The van der Waals surface area contributed by atoms with E-state index in [1.165, 1.54) is 32.3 Å².